The van der Waals surface area contributed by atoms with Crippen LogP contribution >= 0.6 is 0 Å². The number of hydrogen-bond acceptors (Lipinski definition) is 7. The summed E-state index contributed by atoms with van der Waals surface area (Å²) in [5.74, 6) is 0.0392. The van der Waals surface area contributed by atoms with Crippen LogP contribution in [0.3, 0.4) is 0 Å². The summed E-state index contributed by atoms with van der Waals surface area (Å²) in [5.41, 5.74) is 12.4. The fourth-order valence-corrected chi connectivity index (χ4v) is 5.15. The van der Waals surface area contributed by atoms with Gasteiger partial charge in [-0.3, -0.25) is 14.7 Å². The Morgan fingerprint density at radius 1 is 1.08 bits per heavy atom. The van der Waals surface area contributed by atoms with Gasteiger partial charge in [0.05, 0.1) is 11.2 Å². The van der Waals surface area contributed by atoms with Crippen LogP contribution in [0.1, 0.15) is 45.6 Å². The van der Waals surface area contributed by atoms with Crippen molar-refractivity contribution in [3.63, 3.8) is 0 Å². The lowest BCUT2D eigenvalue weighted by Gasteiger charge is -2.37. The highest BCUT2D eigenvalue weighted by molar-refractivity contribution is 5.89. The molecular weight excluding hydrogens is 484 g/mol. The van der Waals surface area contributed by atoms with Gasteiger partial charge in [0.25, 0.3) is 0 Å². The van der Waals surface area contributed by atoms with Crippen LogP contribution in [0.25, 0.3) is 5.69 Å². The van der Waals surface area contributed by atoms with Crippen LogP contribution in [0.15, 0.2) is 41.3 Å². The van der Waals surface area contributed by atoms with Crippen LogP contribution in [0.2, 0.25) is 0 Å². The summed E-state index contributed by atoms with van der Waals surface area (Å²) in [7, 11) is 0. The van der Waals surface area contributed by atoms with E-state index in [1.165, 1.54) is 10.1 Å². The highest BCUT2D eigenvalue weighted by atomic mass is 16.2. The van der Waals surface area contributed by atoms with Crippen LogP contribution < -0.4 is 27.8 Å². The van der Waals surface area contributed by atoms with Crippen LogP contribution in [-0.4, -0.2) is 81.1 Å². The summed E-state index contributed by atoms with van der Waals surface area (Å²) in [6.45, 7) is 7.08. The third-order valence-corrected chi connectivity index (χ3v) is 7.19. The Labute approximate surface area is 223 Å². The van der Waals surface area contributed by atoms with Crippen LogP contribution in [0, 0.1) is 0 Å². The van der Waals surface area contributed by atoms with E-state index in [-0.39, 0.29) is 17.8 Å². The molecule has 2 aliphatic rings. The van der Waals surface area contributed by atoms with E-state index < -0.39 is 11.2 Å². The average Bonchev–Trinajstić information content (AvgIpc) is 3.28. The van der Waals surface area contributed by atoms with E-state index in [9.17, 15) is 14.4 Å². The zero-order valence-corrected chi connectivity index (χ0v) is 22.5. The standard InChI is InChI=1S/C27H40N8O3/c1-18(30-21-7-6-20(28)17-21)16-19-4-8-22(9-5-19)35-11-10-23(32-26(35)38)31-25(37)34-14-12-33(13-15-34)24(36)27(2,3)29/h4-5,8-11,18,20-21,30H,6-7,12-17,28-29H2,1-3H3,(H,31,32,37,38)/t18?,20-,21?/m0/s1. The Kier molecular flexibility index (Phi) is 8.49. The largest absolute Gasteiger partial charge is 0.354 e. The number of amides is 3. The molecule has 2 aromatic rings. The maximum atomic E-state index is 12.7. The lowest BCUT2D eigenvalue weighted by atomic mass is 10.1. The minimum absolute atomic E-state index is 0.142. The van der Waals surface area contributed by atoms with Crippen molar-refractivity contribution in [1.29, 1.82) is 0 Å². The molecule has 3 atom stereocenters. The van der Waals surface area contributed by atoms with E-state index >= 15 is 0 Å². The number of nitrogens with two attached hydrogens (primary N) is 2. The summed E-state index contributed by atoms with van der Waals surface area (Å²) in [5, 5.41) is 6.35. The molecule has 6 N–H and O–H groups in total. The molecule has 0 bridgehead atoms. The molecule has 4 rings (SSSR count). The van der Waals surface area contributed by atoms with Gasteiger partial charge in [0.15, 0.2) is 0 Å². The van der Waals surface area contributed by atoms with E-state index in [2.05, 4.69) is 22.5 Å². The molecule has 38 heavy (non-hydrogen) atoms. The molecule has 11 heteroatoms. The Balaban J connectivity index is 1.30. The number of hydrogen-bond donors (Lipinski definition) is 4. The number of rotatable bonds is 7. The molecule has 1 saturated carbocycles. The fraction of sp³-hybridized carbons (Fsp3) is 0.556. The summed E-state index contributed by atoms with van der Waals surface area (Å²) in [4.78, 5) is 45.0. The molecule has 0 spiro atoms. The minimum atomic E-state index is -0.946. The highest BCUT2D eigenvalue weighted by Gasteiger charge is 2.31. The smallest absolute Gasteiger partial charge is 0.338 e. The maximum absolute atomic E-state index is 12.7. The zero-order valence-electron chi connectivity index (χ0n) is 22.5. The number of nitrogens with zero attached hydrogens (tertiary/aromatic N) is 4. The van der Waals surface area contributed by atoms with E-state index in [1.54, 1.807) is 35.9 Å². The van der Waals surface area contributed by atoms with E-state index in [1.807, 2.05) is 24.3 Å². The molecular formula is C27H40N8O3. The Morgan fingerprint density at radius 3 is 2.32 bits per heavy atom. The molecule has 2 fully saturated rings. The summed E-state index contributed by atoms with van der Waals surface area (Å²) >= 11 is 0. The SMILES string of the molecule is CC(Cc1ccc(-n2ccc(NC(=O)N3CCN(C(=O)C(C)(C)N)CC3)nc2=O)cc1)NC1CC[C@H](N)C1. The normalized spacial score (nSPS) is 20.9. The zero-order chi connectivity index (χ0) is 27.4. The van der Waals surface area contributed by atoms with Crippen molar-refractivity contribution >= 4 is 17.8 Å². The van der Waals surface area contributed by atoms with E-state index in [0.717, 1.165) is 25.7 Å². The van der Waals surface area contributed by atoms with Crippen LogP contribution in [0.4, 0.5) is 10.6 Å². The lowest BCUT2D eigenvalue weighted by Crippen LogP contribution is -2.58. The molecule has 2 heterocycles. The third kappa shape index (κ3) is 6.97. The molecule has 2 unspecified atom stereocenters. The number of piperazine rings is 1. The first-order chi connectivity index (χ1) is 18.0. The first kappa shape index (κ1) is 27.7. The second kappa shape index (κ2) is 11.6. The van der Waals surface area contributed by atoms with Gasteiger partial charge in [0.1, 0.15) is 5.82 Å². The molecule has 11 nitrogen and oxygen atoms in total. The monoisotopic (exact) mass is 524 g/mol. The Morgan fingerprint density at radius 2 is 1.74 bits per heavy atom. The lowest BCUT2D eigenvalue weighted by molar-refractivity contribution is -0.137. The van der Waals surface area contributed by atoms with Crippen LogP contribution in [0.5, 0.6) is 0 Å². The molecule has 3 amide bonds. The number of anilines is 1. The van der Waals surface area contributed by atoms with Gasteiger partial charge in [-0.2, -0.15) is 4.98 Å². The van der Waals surface area contributed by atoms with E-state index in [4.69, 9.17) is 11.5 Å². The molecule has 1 aliphatic heterocycles. The number of carbonyl (C=O) groups is 2. The number of urea groups is 1. The topological polar surface area (TPSA) is 152 Å². The fourth-order valence-electron chi connectivity index (χ4n) is 5.15. The van der Waals surface area contributed by atoms with Gasteiger partial charge in [-0.1, -0.05) is 12.1 Å². The van der Waals surface area contributed by atoms with Crippen molar-refractivity contribution in [2.24, 2.45) is 11.5 Å². The van der Waals surface area contributed by atoms with Gasteiger partial charge in [-0.25, -0.2) is 9.59 Å². The quantitative estimate of drug-likeness (QED) is 0.422. The number of nitrogens with one attached hydrogen (secondary N) is 2. The summed E-state index contributed by atoms with van der Waals surface area (Å²) < 4.78 is 1.44. The molecule has 1 aliphatic carbocycles. The van der Waals surface area contributed by atoms with Gasteiger partial charge in [-0.05, 0) is 70.2 Å². The highest BCUT2D eigenvalue weighted by Crippen LogP contribution is 2.19. The number of aromatic nitrogens is 2. The van der Waals surface area contributed by atoms with Crippen molar-refractivity contribution < 1.29 is 9.59 Å². The average molecular weight is 525 g/mol. The molecule has 1 saturated heterocycles. The summed E-state index contributed by atoms with van der Waals surface area (Å²) in [6.07, 6.45) is 5.73. The van der Waals surface area contributed by atoms with Gasteiger partial charge in [0, 0.05) is 50.5 Å². The summed E-state index contributed by atoms with van der Waals surface area (Å²) in [6, 6.07) is 10.2. The van der Waals surface area contributed by atoms with Gasteiger partial charge in [0.2, 0.25) is 5.91 Å². The maximum Gasteiger partial charge on any atom is 0.354 e. The van der Waals surface area contributed by atoms with Crippen LogP contribution in [-0.2, 0) is 11.2 Å². The first-order valence-corrected chi connectivity index (χ1v) is 13.3. The predicted octanol–water partition coefficient (Wildman–Crippen LogP) is 1.05. The number of carbonyl (C=O) groups excluding carboxylic acids is 2. The van der Waals surface area contributed by atoms with Crippen molar-refractivity contribution in [3.8, 4) is 5.69 Å². The number of benzene rings is 1. The van der Waals surface area contributed by atoms with Crippen molar-refractivity contribution in [2.45, 2.75) is 70.1 Å². The van der Waals surface area contributed by atoms with Gasteiger partial charge < -0.3 is 26.6 Å². The Bertz CT molecular complexity index is 1180. The second-order valence-electron chi connectivity index (χ2n) is 11.1. The van der Waals surface area contributed by atoms with Crippen molar-refractivity contribution in [3.05, 3.63) is 52.6 Å². The Hall–Kier alpha value is -3.28. The van der Waals surface area contributed by atoms with Gasteiger partial charge >= 0.3 is 11.7 Å². The van der Waals surface area contributed by atoms with Gasteiger partial charge in [-0.15, -0.1) is 0 Å². The molecule has 206 valence electrons. The second-order valence-corrected chi connectivity index (χ2v) is 11.1. The molecule has 1 aromatic carbocycles. The van der Waals surface area contributed by atoms with E-state index in [0.29, 0.717) is 50.0 Å². The minimum Gasteiger partial charge on any atom is -0.338 e. The third-order valence-electron chi connectivity index (χ3n) is 7.19. The molecule has 0 radical (unpaired) electrons. The molecule has 1 aromatic heterocycles. The van der Waals surface area contributed by atoms with Crippen molar-refractivity contribution in [1.82, 2.24) is 24.7 Å². The predicted molar refractivity (Wildman–Crippen MR) is 147 cm³/mol. The van der Waals surface area contributed by atoms with Crippen molar-refractivity contribution in [2.75, 3.05) is 31.5 Å². The first-order valence-electron chi connectivity index (χ1n) is 13.3.